The predicted octanol–water partition coefficient (Wildman–Crippen LogP) is 2.81. The molecule has 1 aliphatic carbocycles. The summed E-state index contributed by atoms with van der Waals surface area (Å²) in [6.45, 7) is 4.01. The van der Waals surface area contributed by atoms with Gasteiger partial charge in [-0.1, -0.05) is 50.2 Å². The standard InChI is InChI=1S/C20H20O4/c1-12(2)13-7-8-16(17(22)9-13)20(24)10-14-5-3-4-6-15(14)19(20)18(23)11-21/h3-9,11-12,19,22,24H,10H2,1-2H3. The summed E-state index contributed by atoms with van der Waals surface area (Å²) in [6.07, 6.45) is 0.430. The maximum absolute atomic E-state index is 12.2. The van der Waals surface area contributed by atoms with Crippen LogP contribution in [0.3, 0.4) is 0 Å². The van der Waals surface area contributed by atoms with Crippen molar-refractivity contribution in [1.82, 2.24) is 0 Å². The molecule has 0 bridgehead atoms. The van der Waals surface area contributed by atoms with Crippen molar-refractivity contribution in [2.45, 2.75) is 37.7 Å². The van der Waals surface area contributed by atoms with Crippen LogP contribution in [0.4, 0.5) is 0 Å². The van der Waals surface area contributed by atoms with Gasteiger partial charge in [-0.3, -0.25) is 9.59 Å². The highest BCUT2D eigenvalue weighted by Gasteiger charge is 2.50. The van der Waals surface area contributed by atoms with Gasteiger partial charge in [-0.2, -0.15) is 0 Å². The molecule has 4 heteroatoms. The molecule has 0 amide bonds. The summed E-state index contributed by atoms with van der Waals surface area (Å²) in [5.41, 5.74) is 1.05. The Morgan fingerprint density at radius 2 is 1.96 bits per heavy atom. The van der Waals surface area contributed by atoms with E-state index >= 15 is 0 Å². The van der Waals surface area contributed by atoms with Crippen LogP contribution in [-0.4, -0.2) is 22.3 Å². The summed E-state index contributed by atoms with van der Waals surface area (Å²) < 4.78 is 0. The predicted molar refractivity (Wildman–Crippen MR) is 90.1 cm³/mol. The molecule has 0 aliphatic heterocycles. The lowest BCUT2D eigenvalue weighted by molar-refractivity contribution is -0.135. The fourth-order valence-corrected chi connectivity index (χ4v) is 3.61. The highest BCUT2D eigenvalue weighted by Crippen LogP contribution is 2.50. The number of hydrogen-bond donors (Lipinski definition) is 2. The van der Waals surface area contributed by atoms with Crippen LogP contribution in [0.1, 0.15) is 47.9 Å². The number of aldehydes is 1. The first-order valence-corrected chi connectivity index (χ1v) is 8.01. The van der Waals surface area contributed by atoms with Crippen LogP contribution in [-0.2, 0) is 21.6 Å². The second-order valence-corrected chi connectivity index (χ2v) is 6.68. The summed E-state index contributed by atoms with van der Waals surface area (Å²) in [5, 5.41) is 21.8. The van der Waals surface area contributed by atoms with Crippen molar-refractivity contribution in [3.63, 3.8) is 0 Å². The second kappa shape index (κ2) is 5.87. The number of Topliss-reactive ketones (excluding diaryl/α,β-unsaturated/α-hetero) is 1. The molecule has 0 fully saturated rings. The Kier molecular flexibility index (Phi) is 4.01. The van der Waals surface area contributed by atoms with Crippen molar-refractivity contribution in [3.05, 3.63) is 64.7 Å². The topological polar surface area (TPSA) is 74.6 Å². The van der Waals surface area contributed by atoms with E-state index in [0.29, 0.717) is 5.56 Å². The van der Waals surface area contributed by atoms with E-state index in [1.165, 1.54) is 0 Å². The molecule has 1 aliphatic rings. The Hall–Kier alpha value is -2.46. The molecule has 124 valence electrons. The van der Waals surface area contributed by atoms with Crippen LogP contribution in [0.2, 0.25) is 0 Å². The van der Waals surface area contributed by atoms with Crippen molar-refractivity contribution in [1.29, 1.82) is 0 Å². The first kappa shape index (κ1) is 16.4. The average molecular weight is 324 g/mol. The van der Waals surface area contributed by atoms with E-state index in [2.05, 4.69) is 0 Å². The third-order valence-electron chi connectivity index (χ3n) is 4.86. The van der Waals surface area contributed by atoms with Gasteiger partial charge in [-0.25, -0.2) is 0 Å². The van der Waals surface area contributed by atoms with Gasteiger partial charge in [0.05, 0.1) is 5.92 Å². The lowest BCUT2D eigenvalue weighted by Crippen LogP contribution is -2.36. The molecule has 2 aromatic rings. The fourth-order valence-electron chi connectivity index (χ4n) is 3.61. The van der Waals surface area contributed by atoms with Crippen LogP contribution in [0.25, 0.3) is 0 Å². The number of phenols is 1. The molecule has 2 N–H and O–H groups in total. The van der Waals surface area contributed by atoms with E-state index in [1.807, 2.05) is 32.0 Å². The molecule has 0 heterocycles. The highest BCUT2D eigenvalue weighted by atomic mass is 16.3. The minimum atomic E-state index is -1.62. The van der Waals surface area contributed by atoms with Crippen LogP contribution in [0, 0.1) is 0 Å². The van der Waals surface area contributed by atoms with E-state index in [0.717, 1.165) is 11.1 Å². The lowest BCUT2D eigenvalue weighted by atomic mass is 9.78. The number of aromatic hydroxyl groups is 1. The van der Waals surface area contributed by atoms with Gasteiger partial charge in [-0.15, -0.1) is 0 Å². The van der Waals surface area contributed by atoms with Crippen LogP contribution in [0.15, 0.2) is 42.5 Å². The number of phenolic OH excluding ortho intramolecular Hbond substituents is 1. The van der Waals surface area contributed by atoms with Gasteiger partial charge in [0.15, 0.2) is 6.29 Å². The molecule has 24 heavy (non-hydrogen) atoms. The Morgan fingerprint density at radius 3 is 2.58 bits per heavy atom. The molecule has 0 radical (unpaired) electrons. The minimum Gasteiger partial charge on any atom is -0.508 e. The third kappa shape index (κ3) is 2.43. The highest BCUT2D eigenvalue weighted by molar-refractivity contribution is 6.28. The zero-order valence-corrected chi connectivity index (χ0v) is 13.7. The van der Waals surface area contributed by atoms with Crippen LogP contribution < -0.4 is 0 Å². The van der Waals surface area contributed by atoms with Crippen molar-refractivity contribution in [2.24, 2.45) is 0 Å². The Bertz CT molecular complexity index is 809. The van der Waals surface area contributed by atoms with Gasteiger partial charge in [0.2, 0.25) is 5.78 Å². The molecule has 2 atom stereocenters. The molecule has 0 saturated heterocycles. The van der Waals surface area contributed by atoms with Crippen molar-refractivity contribution in [3.8, 4) is 5.75 Å². The molecule has 2 unspecified atom stereocenters. The van der Waals surface area contributed by atoms with Gasteiger partial charge in [-0.05, 0) is 28.7 Å². The number of rotatable bonds is 4. The first-order valence-electron chi connectivity index (χ1n) is 8.01. The number of carbonyl (C=O) groups is 2. The SMILES string of the molecule is CC(C)c1ccc(C2(O)Cc3ccccc3C2C(=O)C=O)c(O)c1. The Labute approximate surface area is 140 Å². The Balaban J connectivity index is 2.15. The van der Waals surface area contributed by atoms with Crippen molar-refractivity contribution < 1.29 is 19.8 Å². The molecule has 0 saturated carbocycles. The van der Waals surface area contributed by atoms with E-state index in [9.17, 15) is 19.8 Å². The maximum atomic E-state index is 12.2. The molecule has 3 rings (SSSR count). The van der Waals surface area contributed by atoms with Crippen molar-refractivity contribution in [2.75, 3.05) is 0 Å². The van der Waals surface area contributed by atoms with E-state index in [4.69, 9.17) is 0 Å². The Morgan fingerprint density at radius 1 is 1.25 bits per heavy atom. The molecule has 2 aromatic carbocycles. The molecular formula is C20H20O4. The number of benzene rings is 2. The van der Waals surface area contributed by atoms with E-state index in [-0.39, 0.29) is 29.9 Å². The average Bonchev–Trinajstić information content (AvgIpc) is 2.86. The van der Waals surface area contributed by atoms with Gasteiger partial charge in [0, 0.05) is 12.0 Å². The molecule has 4 nitrogen and oxygen atoms in total. The summed E-state index contributed by atoms with van der Waals surface area (Å²) >= 11 is 0. The normalized spacial score (nSPS) is 22.4. The summed E-state index contributed by atoms with van der Waals surface area (Å²) in [4.78, 5) is 23.4. The maximum Gasteiger partial charge on any atom is 0.205 e. The fraction of sp³-hybridized carbons (Fsp3) is 0.300. The van der Waals surface area contributed by atoms with Gasteiger partial charge >= 0.3 is 0 Å². The number of ketones is 1. The monoisotopic (exact) mass is 324 g/mol. The largest absolute Gasteiger partial charge is 0.508 e. The third-order valence-corrected chi connectivity index (χ3v) is 4.86. The van der Waals surface area contributed by atoms with E-state index in [1.54, 1.807) is 24.3 Å². The van der Waals surface area contributed by atoms with Crippen LogP contribution in [0.5, 0.6) is 5.75 Å². The number of hydrogen-bond acceptors (Lipinski definition) is 4. The second-order valence-electron chi connectivity index (χ2n) is 6.68. The van der Waals surface area contributed by atoms with Crippen LogP contribution >= 0.6 is 0 Å². The smallest absolute Gasteiger partial charge is 0.205 e. The summed E-state index contributed by atoms with van der Waals surface area (Å²) in [6, 6.07) is 12.3. The summed E-state index contributed by atoms with van der Waals surface area (Å²) in [7, 11) is 0. The molecular weight excluding hydrogens is 304 g/mol. The number of aliphatic hydroxyl groups is 1. The zero-order valence-electron chi connectivity index (χ0n) is 13.7. The number of fused-ring (bicyclic) bond motifs is 1. The van der Waals surface area contributed by atoms with Gasteiger partial charge in [0.25, 0.3) is 0 Å². The molecule has 0 spiro atoms. The van der Waals surface area contributed by atoms with Gasteiger partial charge < -0.3 is 10.2 Å². The molecule has 0 aromatic heterocycles. The van der Waals surface area contributed by atoms with Gasteiger partial charge in [0.1, 0.15) is 11.4 Å². The number of carbonyl (C=O) groups excluding carboxylic acids is 2. The quantitative estimate of drug-likeness (QED) is 0.670. The summed E-state index contributed by atoms with van der Waals surface area (Å²) in [5.74, 6) is -1.51. The van der Waals surface area contributed by atoms with Crippen molar-refractivity contribution >= 4 is 12.1 Å². The minimum absolute atomic E-state index is 0.0554. The van der Waals surface area contributed by atoms with E-state index < -0.39 is 17.3 Å². The first-order chi connectivity index (χ1) is 11.4. The lowest BCUT2D eigenvalue weighted by Gasteiger charge is -2.30. The zero-order chi connectivity index (χ0) is 17.5.